The first-order valence-electron chi connectivity index (χ1n) is 9.08. The lowest BCUT2D eigenvalue weighted by Crippen LogP contribution is -2.63. The van der Waals surface area contributed by atoms with Crippen molar-refractivity contribution in [2.24, 2.45) is 0 Å². The van der Waals surface area contributed by atoms with Crippen LogP contribution in [0.4, 0.5) is 0 Å². The molecule has 12 heteroatoms. The normalized spacial score (nSPS) is 43.8. The second kappa shape index (κ2) is 10.2. The maximum Gasteiger partial charge on any atom is 0.333 e. The third kappa shape index (κ3) is 5.30. The number of esters is 1. The number of carbonyl (C=O) groups excluding carboxylic acids is 1. The van der Waals surface area contributed by atoms with E-state index in [1.54, 1.807) is 6.92 Å². The molecule has 10 atom stereocenters. The third-order valence-electron chi connectivity index (χ3n) is 4.92. The smallest absolute Gasteiger partial charge is 0.333 e. The van der Waals surface area contributed by atoms with Crippen LogP contribution in [-0.4, -0.2) is 116 Å². The maximum absolute atomic E-state index is 11.7. The molecule has 0 aromatic carbocycles. The summed E-state index contributed by atoms with van der Waals surface area (Å²) in [4.78, 5) is 11.7. The fourth-order valence-corrected chi connectivity index (χ4v) is 2.87. The van der Waals surface area contributed by atoms with Gasteiger partial charge in [0.05, 0.1) is 6.61 Å². The highest BCUT2D eigenvalue weighted by Crippen LogP contribution is 2.28. The second-order valence-corrected chi connectivity index (χ2v) is 6.92. The van der Waals surface area contributed by atoms with E-state index in [9.17, 15) is 40.5 Å². The van der Waals surface area contributed by atoms with E-state index in [1.165, 1.54) is 13.0 Å². The van der Waals surface area contributed by atoms with Gasteiger partial charge < -0.3 is 54.7 Å². The number of rotatable bonds is 6. The van der Waals surface area contributed by atoms with Gasteiger partial charge in [0.15, 0.2) is 12.6 Å². The molecular formula is C17H28O12. The van der Waals surface area contributed by atoms with Crippen LogP contribution in [0.3, 0.4) is 0 Å². The molecule has 2 aliphatic rings. The number of aliphatic hydroxyl groups excluding tert-OH is 7. The van der Waals surface area contributed by atoms with Gasteiger partial charge in [0.25, 0.3) is 0 Å². The number of hydrogen-bond acceptors (Lipinski definition) is 12. The van der Waals surface area contributed by atoms with Crippen LogP contribution in [-0.2, 0) is 23.7 Å². The van der Waals surface area contributed by atoms with Crippen molar-refractivity contribution in [1.82, 2.24) is 0 Å². The predicted molar refractivity (Wildman–Crippen MR) is 91.9 cm³/mol. The van der Waals surface area contributed by atoms with E-state index in [4.69, 9.17) is 18.9 Å². The number of allylic oxidation sites excluding steroid dienone is 1. The summed E-state index contributed by atoms with van der Waals surface area (Å²) < 4.78 is 20.8. The van der Waals surface area contributed by atoms with Crippen LogP contribution < -0.4 is 0 Å². The first-order valence-corrected chi connectivity index (χ1v) is 9.08. The molecule has 0 aromatic rings. The fourth-order valence-electron chi connectivity index (χ4n) is 2.87. The van der Waals surface area contributed by atoms with Gasteiger partial charge in [-0.2, -0.15) is 0 Å². The Kier molecular flexibility index (Phi) is 8.48. The van der Waals surface area contributed by atoms with Gasteiger partial charge in [0.2, 0.25) is 0 Å². The van der Waals surface area contributed by atoms with Crippen molar-refractivity contribution in [3.8, 4) is 0 Å². The summed E-state index contributed by atoms with van der Waals surface area (Å²) >= 11 is 0. The molecule has 2 saturated heterocycles. The zero-order chi connectivity index (χ0) is 21.9. The van der Waals surface area contributed by atoms with Gasteiger partial charge in [0.1, 0.15) is 55.4 Å². The Bertz CT molecular complexity index is 581. The summed E-state index contributed by atoms with van der Waals surface area (Å²) in [6, 6.07) is 0. The minimum absolute atomic E-state index is 0.310. The van der Waals surface area contributed by atoms with Crippen molar-refractivity contribution < 1.29 is 59.5 Å². The SMILES string of the molecule is C/C=C(\C)C(=O)OC[C@@H]1O[C@H](O[C@@H]2O[C@H](CO)[C@H](O)[C@H](O)[C@@H]2O)[C@@H](O)[C@H](O)[C@H]1O. The summed E-state index contributed by atoms with van der Waals surface area (Å²) in [5, 5.41) is 69.0. The van der Waals surface area contributed by atoms with Crippen LogP contribution in [0.15, 0.2) is 11.6 Å². The first-order chi connectivity index (χ1) is 13.6. The third-order valence-corrected chi connectivity index (χ3v) is 4.92. The van der Waals surface area contributed by atoms with Crippen LogP contribution in [0.5, 0.6) is 0 Å². The molecule has 0 aromatic heterocycles. The summed E-state index contributed by atoms with van der Waals surface area (Å²) in [5.74, 6) is -0.671. The zero-order valence-electron chi connectivity index (χ0n) is 15.9. The molecule has 7 N–H and O–H groups in total. The van der Waals surface area contributed by atoms with Crippen molar-refractivity contribution in [2.75, 3.05) is 13.2 Å². The molecule has 12 nitrogen and oxygen atoms in total. The Morgan fingerprint density at radius 2 is 1.34 bits per heavy atom. The molecule has 0 radical (unpaired) electrons. The van der Waals surface area contributed by atoms with Gasteiger partial charge in [-0.1, -0.05) is 6.08 Å². The monoisotopic (exact) mass is 424 g/mol. The quantitative estimate of drug-likeness (QED) is 0.162. The Morgan fingerprint density at radius 1 is 0.862 bits per heavy atom. The van der Waals surface area contributed by atoms with Crippen LogP contribution in [0.1, 0.15) is 13.8 Å². The van der Waals surface area contributed by atoms with E-state index in [0.717, 1.165) is 0 Å². The lowest BCUT2D eigenvalue weighted by Gasteiger charge is -2.44. The molecule has 2 fully saturated rings. The molecule has 29 heavy (non-hydrogen) atoms. The van der Waals surface area contributed by atoms with E-state index in [1.807, 2.05) is 0 Å². The summed E-state index contributed by atoms with van der Waals surface area (Å²) in [7, 11) is 0. The van der Waals surface area contributed by atoms with Crippen molar-refractivity contribution in [2.45, 2.75) is 75.3 Å². The number of ether oxygens (including phenoxy) is 4. The standard InChI is InChI=1S/C17H28O12/c1-3-6(2)15(25)26-5-8-10(20)12(22)14(24)17(28-8)29-16-13(23)11(21)9(19)7(4-18)27-16/h3,7-14,16-24H,4-5H2,1-2H3/b6-3+/t7-,8+,9+,10+,11+,12-,13+,14+,16+,17-/m1/s1. The molecule has 2 heterocycles. The van der Waals surface area contributed by atoms with Gasteiger partial charge in [-0.15, -0.1) is 0 Å². The van der Waals surface area contributed by atoms with Crippen molar-refractivity contribution in [3.05, 3.63) is 11.6 Å². The van der Waals surface area contributed by atoms with E-state index >= 15 is 0 Å². The second-order valence-electron chi connectivity index (χ2n) is 6.92. The Hall–Kier alpha value is -1.19. The molecule has 168 valence electrons. The van der Waals surface area contributed by atoms with E-state index in [-0.39, 0.29) is 0 Å². The summed E-state index contributed by atoms with van der Waals surface area (Å²) in [5.41, 5.74) is 0.310. The largest absolute Gasteiger partial charge is 0.459 e. The average molecular weight is 424 g/mol. The van der Waals surface area contributed by atoms with Crippen molar-refractivity contribution in [3.63, 3.8) is 0 Å². The molecule has 0 amide bonds. The highest BCUT2D eigenvalue weighted by molar-refractivity contribution is 5.87. The molecule has 0 saturated carbocycles. The maximum atomic E-state index is 11.7. The van der Waals surface area contributed by atoms with E-state index in [2.05, 4.69) is 0 Å². The Morgan fingerprint density at radius 3 is 1.83 bits per heavy atom. The number of aliphatic hydroxyl groups is 7. The first kappa shape index (κ1) is 24.1. The van der Waals surface area contributed by atoms with E-state index < -0.39 is 80.6 Å². The van der Waals surface area contributed by atoms with Gasteiger partial charge >= 0.3 is 5.97 Å². The topological polar surface area (TPSA) is 196 Å². The fraction of sp³-hybridized carbons (Fsp3) is 0.824. The van der Waals surface area contributed by atoms with Gasteiger partial charge in [0, 0.05) is 5.57 Å². The van der Waals surface area contributed by atoms with E-state index in [0.29, 0.717) is 5.57 Å². The molecular weight excluding hydrogens is 396 g/mol. The molecule has 0 unspecified atom stereocenters. The minimum atomic E-state index is -1.78. The predicted octanol–water partition coefficient (Wildman–Crippen LogP) is -3.88. The van der Waals surface area contributed by atoms with Crippen LogP contribution >= 0.6 is 0 Å². The molecule has 0 bridgehead atoms. The average Bonchev–Trinajstić information content (AvgIpc) is 2.72. The number of carbonyl (C=O) groups is 1. The van der Waals surface area contributed by atoms with Crippen LogP contribution in [0.2, 0.25) is 0 Å². The van der Waals surface area contributed by atoms with Crippen LogP contribution in [0.25, 0.3) is 0 Å². The highest BCUT2D eigenvalue weighted by atomic mass is 16.8. The van der Waals surface area contributed by atoms with Crippen molar-refractivity contribution in [1.29, 1.82) is 0 Å². The van der Waals surface area contributed by atoms with Gasteiger partial charge in [-0.3, -0.25) is 0 Å². The molecule has 2 aliphatic heterocycles. The summed E-state index contributed by atoms with van der Waals surface area (Å²) in [6.07, 6.45) is -14.5. The Labute approximate surface area is 166 Å². The lowest BCUT2D eigenvalue weighted by molar-refractivity contribution is -0.376. The Balaban J connectivity index is 2.06. The van der Waals surface area contributed by atoms with Gasteiger partial charge in [-0.25, -0.2) is 4.79 Å². The van der Waals surface area contributed by atoms with Crippen LogP contribution in [0, 0.1) is 0 Å². The minimum Gasteiger partial charge on any atom is -0.459 e. The van der Waals surface area contributed by atoms with Crippen molar-refractivity contribution >= 4 is 5.97 Å². The molecule has 2 rings (SSSR count). The van der Waals surface area contributed by atoms with Gasteiger partial charge in [-0.05, 0) is 13.8 Å². The highest BCUT2D eigenvalue weighted by Gasteiger charge is 2.49. The molecule has 0 spiro atoms. The zero-order valence-corrected chi connectivity index (χ0v) is 15.9. The number of hydrogen-bond donors (Lipinski definition) is 7. The summed E-state index contributed by atoms with van der Waals surface area (Å²) in [6.45, 7) is 1.99. The lowest BCUT2D eigenvalue weighted by atomic mass is 9.98. The molecule has 0 aliphatic carbocycles.